The topological polar surface area (TPSA) is 37.4 Å². The molecule has 8 heteroatoms. The quantitative estimate of drug-likeness (QED) is 0.685. The van der Waals surface area contributed by atoms with E-state index in [-0.39, 0.29) is 21.2 Å². The van der Waals surface area contributed by atoms with E-state index in [1.165, 1.54) is 18.2 Å². The van der Waals surface area contributed by atoms with Crippen LogP contribution in [0.25, 0.3) is 0 Å². The second-order valence-corrected chi connectivity index (χ2v) is 5.67. The number of hydrogen-bond donors (Lipinski definition) is 0. The molecule has 0 unspecified atom stereocenters. The SMILES string of the molecule is O=C1c2ccc(Cl)cc2C(=O)N1c1cc(Cl)ccc1C(F)(F)F. The van der Waals surface area contributed by atoms with Gasteiger partial charge in [-0.3, -0.25) is 9.59 Å². The average molecular weight is 360 g/mol. The van der Waals surface area contributed by atoms with Crippen LogP contribution in [0.2, 0.25) is 10.0 Å². The lowest BCUT2D eigenvalue weighted by atomic mass is 10.1. The summed E-state index contributed by atoms with van der Waals surface area (Å²) in [7, 11) is 0. The van der Waals surface area contributed by atoms with Gasteiger partial charge >= 0.3 is 6.18 Å². The van der Waals surface area contributed by atoms with Crippen molar-refractivity contribution in [1.82, 2.24) is 0 Å². The first-order chi connectivity index (χ1) is 10.7. The van der Waals surface area contributed by atoms with Crippen molar-refractivity contribution in [2.75, 3.05) is 4.90 Å². The number of halogens is 5. The molecule has 0 bridgehead atoms. The molecule has 2 aromatic rings. The van der Waals surface area contributed by atoms with Crippen molar-refractivity contribution in [3.63, 3.8) is 0 Å². The standard InChI is InChI=1S/C15H6Cl2F3NO2/c16-7-1-3-9-10(5-7)14(23)21(13(9)22)12-6-8(17)2-4-11(12)15(18,19)20/h1-6H. The zero-order valence-corrected chi connectivity index (χ0v) is 12.6. The van der Waals surface area contributed by atoms with E-state index < -0.39 is 29.2 Å². The predicted molar refractivity (Wildman–Crippen MR) is 79.0 cm³/mol. The van der Waals surface area contributed by atoms with Gasteiger partial charge in [-0.1, -0.05) is 23.2 Å². The molecule has 23 heavy (non-hydrogen) atoms. The van der Waals surface area contributed by atoms with Crippen LogP contribution >= 0.6 is 23.2 Å². The Bertz CT molecular complexity index is 849. The van der Waals surface area contributed by atoms with E-state index in [2.05, 4.69) is 0 Å². The molecule has 0 aromatic heterocycles. The second-order valence-electron chi connectivity index (χ2n) is 4.79. The Balaban J connectivity index is 2.20. The van der Waals surface area contributed by atoms with Gasteiger partial charge in [0.2, 0.25) is 0 Å². The molecule has 118 valence electrons. The third-order valence-electron chi connectivity index (χ3n) is 3.35. The highest BCUT2D eigenvalue weighted by Crippen LogP contribution is 2.41. The summed E-state index contributed by atoms with van der Waals surface area (Å²) in [6.07, 6.45) is -4.74. The molecule has 0 spiro atoms. The molecule has 1 heterocycles. The Labute approximate surface area is 138 Å². The van der Waals surface area contributed by atoms with E-state index in [0.717, 1.165) is 18.2 Å². The summed E-state index contributed by atoms with van der Waals surface area (Å²) < 4.78 is 39.5. The first kappa shape index (κ1) is 15.8. The molecule has 0 aliphatic carbocycles. The van der Waals surface area contributed by atoms with Crippen LogP contribution < -0.4 is 4.90 Å². The van der Waals surface area contributed by atoms with Crippen molar-refractivity contribution < 1.29 is 22.8 Å². The second kappa shape index (κ2) is 5.25. The molecular formula is C15H6Cl2F3NO2. The van der Waals surface area contributed by atoms with Crippen LogP contribution in [0.5, 0.6) is 0 Å². The summed E-state index contributed by atoms with van der Waals surface area (Å²) in [6.45, 7) is 0. The Morgan fingerprint density at radius 3 is 2.04 bits per heavy atom. The van der Waals surface area contributed by atoms with E-state index in [4.69, 9.17) is 23.2 Å². The number of hydrogen-bond acceptors (Lipinski definition) is 2. The summed E-state index contributed by atoms with van der Waals surface area (Å²) >= 11 is 11.5. The fourth-order valence-electron chi connectivity index (χ4n) is 2.36. The van der Waals surface area contributed by atoms with Crippen molar-refractivity contribution in [2.45, 2.75) is 6.18 Å². The zero-order valence-electron chi connectivity index (χ0n) is 11.1. The van der Waals surface area contributed by atoms with Gasteiger partial charge in [0.05, 0.1) is 22.4 Å². The van der Waals surface area contributed by atoms with Gasteiger partial charge in [0.1, 0.15) is 0 Å². The number of fused-ring (bicyclic) bond motifs is 1. The van der Waals surface area contributed by atoms with Crippen molar-refractivity contribution in [3.05, 3.63) is 63.1 Å². The number of alkyl halides is 3. The van der Waals surface area contributed by atoms with Gasteiger partial charge in [0.15, 0.2) is 0 Å². The first-order valence-corrected chi connectivity index (χ1v) is 7.01. The molecule has 3 nitrogen and oxygen atoms in total. The molecule has 2 amide bonds. The minimum atomic E-state index is -4.74. The number of carbonyl (C=O) groups excluding carboxylic acids is 2. The molecule has 0 saturated carbocycles. The summed E-state index contributed by atoms with van der Waals surface area (Å²) in [5, 5.41) is 0.177. The number of amides is 2. The minimum absolute atomic E-state index is 0.00694. The summed E-state index contributed by atoms with van der Waals surface area (Å²) in [5.41, 5.74) is -1.78. The third-order valence-corrected chi connectivity index (χ3v) is 3.82. The number of imide groups is 1. The van der Waals surface area contributed by atoms with E-state index in [9.17, 15) is 22.8 Å². The maximum atomic E-state index is 13.2. The van der Waals surface area contributed by atoms with Gasteiger partial charge in [-0.15, -0.1) is 0 Å². The summed E-state index contributed by atoms with van der Waals surface area (Å²) in [4.78, 5) is 25.2. The lowest BCUT2D eigenvalue weighted by Crippen LogP contribution is -2.31. The van der Waals surface area contributed by atoms with Crippen molar-refractivity contribution in [2.24, 2.45) is 0 Å². The van der Waals surface area contributed by atoms with E-state index >= 15 is 0 Å². The molecule has 3 rings (SSSR count). The fraction of sp³-hybridized carbons (Fsp3) is 0.0667. The van der Waals surface area contributed by atoms with E-state index in [1.807, 2.05) is 0 Å². The average Bonchev–Trinajstić information content (AvgIpc) is 2.69. The Morgan fingerprint density at radius 2 is 1.39 bits per heavy atom. The molecular weight excluding hydrogens is 354 g/mol. The van der Waals surface area contributed by atoms with Gasteiger partial charge in [0, 0.05) is 10.0 Å². The van der Waals surface area contributed by atoms with Gasteiger partial charge in [-0.05, 0) is 36.4 Å². The van der Waals surface area contributed by atoms with Gasteiger partial charge in [0.25, 0.3) is 11.8 Å². The minimum Gasteiger partial charge on any atom is -0.268 e. The van der Waals surface area contributed by atoms with Crippen molar-refractivity contribution in [3.8, 4) is 0 Å². The summed E-state index contributed by atoms with van der Waals surface area (Å²) in [6, 6.07) is 6.65. The number of rotatable bonds is 1. The van der Waals surface area contributed by atoms with Crippen LogP contribution in [0, 0.1) is 0 Å². The van der Waals surface area contributed by atoms with Crippen LogP contribution in [0.15, 0.2) is 36.4 Å². The largest absolute Gasteiger partial charge is 0.418 e. The smallest absolute Gasteiger partial charge is 0.268 e. The van der Waals surface area contributed by atoms with E-state index in [0.29, 0.717) is 4.90 Å². The molecule has 0 fully saturated rings. The van der Waals surface area contributed by atoms with Gasteiger partial charge < -0.3 is 0 Å². The molecule has 1 aliphatic heterocycles. The van der Waals surface area contributed by atoms with Crippen molar-refractivity contribution >= 4 is 40.7 Å². The van der Waals surface area contributed by atoms with E-state index in [1.54, 1.807) is 0 Å². The van der Waals surface area contributed by atoms with Gasteiger partial charge in [-0.25, -0.2) is 4.90 Å². The maximum absolute atomic E-state index is 13.2. The maximum Gasteiger partial charge on any atom is 0.418 e. The molecule has 0 atom stereocenters. The number of anilines is 1. The Morgan fingerprint density at radius 1 is 0.826 bits per heavy atom. The highest BCUT2D eigenvalue weighted by Gasteiger charge is 2.42. The normalized spacial score (nSPS) is 14.4. The molecule has 1 aliphatic rings. The first-order valence-electron chi connectivity index (χ1n) is 6.25. The molecule has 2 aromatic carbocycles. The van der Waals surface area contributed by atoms with Crippen LogP contribution in [-0.4, -0.2) is 11.8 Å². The van der Waals surface area contributed by atoms with Crippen molar-refractivity contribution in [1.29, 1.82) is 0 Å². The number of benzene rings is 2. The van der Waals surface area contributed by atoms with Crippen LogP contribution in [-0.2, 0) is 6.18 Å². The number of nitrogens with zero attached hydrogens (tertiary/aromatic N) is 1. The zero-order chi connectivity index (χ0) is 16.9. The van der Waals surface area contributed by atoms with Gasteiger partial charge in [-0.2, -0.15) is 13.2 Å². The van der Waals surface area contributed by atoms with Crippen LogP contribution in [0.3, 0.4) is 0 Å². The lowest BCUT2D eigenvalue weighted by molar-refractivity contribution is -0.137. The Hall–Kier alpha value is -2.05. The molecule has 0 saturated heterocycles. The number of carbonyl (C=O) groups is 2. The lowest BCUT2D eigenvalue weighted by Gasteiger charge is -2.20. The van der Waals surface area contributed by atoms with Crippen LogP contribution in [0.4, 0.5) is 18.9 Å². The monoisotopic (exact) mass is 359 g/mol. The van der Waals surface area contributed by atoms with Crippen LogP contribution in [0.1, 0.15) is 26.3 Å². The predicted octanol–water partition coefficient (Wildman–Crippen LogP) is 4.81. The Kier molecular flexibility index (Phi) is 3.61. The highest BCUT2D eigenvalue weighted by molar-refractivity contribution is 6.37. The fourth-order valence-corrected chi connectivity index (χ4v) is 2.70. The highest BCUT2D eigenvalue weighted by atomic mass is 35.5. The third kappa shape index (κ3) is 2.58. The molecule has 0 radical (unpaired) electrons. The molecule has 0 N–H and O–H groups in total. The summed E-state index contributed by atoms with van der Waals surface area (Å²) in [5.74, 6) is -1.73.